The Hall–Kier alpha value is -2.89. The molecule has 2 heterocycles. The first-order valence-electron chi connectivity index (χ1n) is 9.79. The number of ether oxygens (including phenoxy) is 1. The van der Waals surface area contributed by atoms with E-state index in [1.807, 2.05) is 12.1 Å². The maximum Gasteiger partial charge on any atom is 0.343 e. The monoisotopic (exact) mass is 379 g/mol. The van der Waals surface area contributed by atoms with Crippen molar-refractivity contribution in [1.29, 1.82) is 0 Å². The fourth-order valence-electron chi connectivity index (χ4n) is 4.32. The number of hydrogen-bond donors (Lipinski definition) is 1. The molecule has 0 saturated heterocycles. The molecule has 1 fully saturated rings. The van der Waals surface area contributed by atoms with E-state index in [-0.39, 0.29) is 23.4 Å². The minimum absolute atomic E-state index is 0.255. The van der Waals surface area contributed by atoms with Gasteiger partial charge in [0, 0.05) is 17.8 Å². The summed E-state index contributed by atoms with van der Waals surface area (Å²) in [6, 6.07) is 9.78. The highest BCUT2D eigenvalue weighted by atomic mass is 16.5. The molecular formula is C22H25N3O3. The third-order valence-corrected chi connectivity index (χ3v) is 5.86. The largest absolute Gasteiger partial charge is 0.462 e. The second-order valence-electron chi connectivity index (χ2n) is 8.10. The Balaban J connectivity index is 1.72. The van der Waals surface area contributed by atoms with Crippen molar-refractivity contribution in [2.24, 2.45) is 5.41 Å². The summed E-state index contributed by atoms with van der Waals surface area (Å²) in [5, 5.41) is 2.77. The molecule has 6 nitrogen and oxygen atoms in total. The summed E-state index contributed by atoms with van der Waals surface area (Å²) in [6.45, 7) is 6.67. The van der Waals surface area contributed by atoms with Crippen LogP contribution in [0.2, 0.25) is 0 Å². The van der Waals surface area contributed by atoms with Gasteiger partial charge in [-0.05, 0) is 36.7 Å². The molecule has 3 aromatic rings. The number of carbonyl (C=O) groups excluding carboxylic acids is 1. The second kappa shape index (κ2) is 6.93. The van der Waals surface area contributed by atoms with Gasteiger partial charge in [-0.3, -0.25) is 9.89 Å². The first kappa shape index (κ1) is 18.5. The molecule has 146 valence electrons. The maximum atomic E-state index is 12.5. The van der Waals surface area contributed by atoms with Crippen molar-refractivity contribution >= 4 is 11.6 Å². The molecule has 1 saturated carbocycles. The molecule has 1 aliphatic carbocycles. The predicted molar refractivity (Wildman–Crippen MR) is 108 cm³/mol. The van der Waals surface area contributed by atoms with Gasteiger partial charge in [-0.2, -0.15) is 0 Å². The van der Waals surface area contributed by atoms with Crippen LogP contribution < -0.4 is 5.56 Å². The van der Waals surface area contributed by atoms with E-state index in [0.29, 0.717) is 17.0 Å². The Morgan fingerprint density at radius 1 is 1.32 bits per heavy atom. The average molecular weight is 379 g/mol. The molecule has 0 amide bonds. The van der Waals surface area contributed by atoms with Crippen molar-refractivity contribution in [3.05, 3.63) is 58.0 Å². The van der Waals surface area contributed by atoms with Gasteiger partial charge >= 0.3 is 5.97 Å². The van der Waals surface area contributed by atoms with Gasteiger partial charge in [0.1, 0.15) is 5.56 Å². The van der Waals surface area contributed by atoms with Crippen molar-refractivity contribution in [2.45, 2.75) is 46.0 Å². The highest BCUT2D eigenvalue weighted by Crippen LogP contribution is 2.48. The number of benzene rings is 1. The Morgan fingerprint density at radius 3 is 2.71 bits per heavy atom. The predicted octanol–water partition coefficient (Wildman–Crippen LogP) is 4.16. The zero-order valence-electron chi connectivity index (χ0n) is 16.5. The number of fused-ring (bicyclic) bond motifs is 1. The zero-order valence-corrected chi connectivity index (χ0v) is 16.5. The van der Waals surface area contributed by atoms with Gasteiger partial charge < -0.3 is 4.74 Å². The van der Waals surface area contributed by atoms with E-state index in [2.05, 4.69) is 36.1 Å². The fraction of sp³-hybridized carbons (Fsp3) is 0.409. The topological polar surface area (TPSA) is 76.5 Å². The van der Waals surface area contributed by atoms with E-state index in [4.69, 9.17) is 4.74 Å². The molecule has 1 aromatic carbocycles. The molecule has 1 atom stereocenters. The van der Waals surface area contributed by atoms with Gasteiger partial charge in [0.2, 0.25) is 0 Å². The van der Waals surface area contributed by atoms with Crippen molar-refractivity contribution in [1.82, 2.24) is 14.6 Å². The van der Waals surface area contributed by atoms with E-state index in [0.717, 1.165) is 5.56 Å². The summed E-state index contributed by atoms with van der Waals surface area (Å²) in [4.78, 5) is 29.2. The molecule has 0 unspecified atom stereocenters. The minimum Gasteiger partial charge on any atom is -0.462 e. The number of H-pyrrole nitrogens is 1. The maximum absolute atomic E-state index is 12.5. The Morgan fingerprint density at radius 2 is 2.07 bits per heavy atom. The molecule has 0 aliphatic heterocycles. The van der Waals surface area contributed by atoms with Gasteiger partial charge in [-0.25, -0.2) is 14.3 Å². The lowest BCUT2D eigenvalue weighted by molar-refractivity contribution is 0.0528. The van der Waals surface area contributed by atoms with Crippen molar-refractivity contribution in [3.8, 4) is 11.3 Å². The van der Waals surface area contributed by atoms with Crippen LogP contribution in [0, 0.1) is 5.41 Å². The number of nitrogens with zero attached hydrogens (tertiary/aromatic N) is 2. The quantitative estimate of drug-likeness (QED) is 0.691. The van der Waals surface area contributed by atoms with Crippen molar-refractivity contribution in [2.75, 3.05) is 6.61 Å². The molecule has 2 aromatic heterocycles. The van der Waals surface area contributed by atoms with E-state index < -0.39 is 5.97 Å². The molecular weight excluding hydrogens is 354 g/mol. The lowest BCUT2D eigenvalue weighted by atomic mass is 9.77. The molecule has 4 rings (SSSR count). The number of aromatic amines is 1. The first-order chi connectivity index (χ1) is 13.4. The standard InChI is InChI=1S/C22H25N3O3/c1-4-28-21(27)16-13-23-25-19(26)12-18(24-20(16)25)15-9-7-14(8-10-15)17-6-5-11-22(17,2)3/h7-10,12-13,17,23H,4-6,11H2,1-3H3/t17-/m1/s1. The van der Waals surface area contributed by atoms with Crippen molar-refractivity contribution < 1.29 is 9.53 Å². The number of hydrogen-bond acceptors (Lipinski definition) is 4. The minimum atomic E-state index is -0.496. The normalized spacial score (nSPS) is 18.5. The van der Waals surface area contributed by atoms with Gasteiger partial charge in [0.05, 0.1) is 12.3 Å². The summed E-state index contributed by atoms with van der Waals surface area (Å²) >= 11 is 0. The summed E-state index contributed by atoms with van der Waals surface area (Å²) in [5.41, 5.74) is 3.32. The molecule has 0 spiro atoms. The Labute approximate surface area is 163 Å². The van der Waals surface area contributed by atoms with Crippen LogP contribution in [0.1, 0.15) is 61.9 Å². The molecule has 1 N–H and O–H groups in total. The average Bonchev–Trinajstić information content (AvgIpc) is 3.25. The Bertz CT molecular complexity index is 1080. The third kappa shape index (κ3) is 3.13. The number of carbonyl (C=O) groups is 1. The van der Waals surface area contributed by atoms with Crippen LogP contribution in [0.15, 0.2) is 41.3 Å². The van der Waals surface area contributed by atoms with Crippen LogP contribution in [0.3, 0.4) is 0 Å². The fourth-order valence-corrected chi connectivity index (χ4v) is 4.32. The molecule has 28 heavy (non-hydrogen) atoms. The van der Waals surface area contributed by atoms with Crippen LogP contribution in [-0.2, 0) is 4.74 Å². The summed E-state index contributed by atoms with van der Waals surface area (Å²) in [6.07, 6.45) is 5.18. The highest BCUT2D eigenvalue weighted by molar-refractivity contribution is 5.95. The van der Waals surface area contributed by atoms with E-state index in [9.17, 15) is 9.59 Å². The number of rotatable bonds is 4. The van der Waals surface area contributed by atoms with Crippen LogP contribution in [0.4, 0.5) is 0 Å². The van der Waals surface area contributed by atoms with Crippen molar-refractivity contribution in [3.63, 3.8) is 0 Å². The van der Waals surface area contributed by atoms with Crippen LogP contribution in [0.25, 0.3) is 16.9 Å². The second-order valence-corrected chi connectivity index (χ2v) is 8.10. The van der Waals surface area contributed by atoms with Gasteiger partial charge in [0.15, 0.2) is 5.65 Å². The smallest absolute Gasteiger partial charge is 0.343 e. The highest BCUT2D eigenvalue weighted by Gasteiger charge is 2.35. The SMILES string of the molecule is CCOC(=O)c1c[nH]n2c(=O)cc(-c3ccc([C@H]4CCCC4(C)C)cc3)nc12. The Kier molecular flexibility index (Phi) is 4.57. The lowest BCUT2D eigenvalue weighted by Crippen LogP contribution is -2.16. The van der Waals surface area contributed by atoms with Crippen LogP contribution >= 0.6 is 0 Å². The number of nitrogens with one attached hydrogen (secondary N) is 1. The third-order valence-electron chi connectivity index (χ3n) is 5.86. The molecule has 0 bridgehead atoms. The summed E-state index contributed by atoms with van der Waals surface area (Å²) in [5.74, 6) is 0.0619. The summed E-state index contributed by atoms with van der Waals surface area (Å²) < 4.78 is 6.31. The number of aromatic nitrogens is 3. The first-order valence-corrected chi connectivity index (χ1v) is 9.79. The lowest BCUT2D eigenvalue weighted by Gasteiger charge is -2.27. The van der Waals surface area contributed by atoms with E-state index in [1.54, 1.807) is 6.92 Å². The van der Waals surface area contributed by atoms with Crippen LogP contribution in [-0.4, -0.2) is 27.2 Å². The van der Waals surface area contributed by atoms with Crippen LogP contribution in [0.5, 0.6) is 0 Å². The summed E-state index contributed by atoms with van der Waals surface area (Å²) in [7, 11) is 0. The molecule has 1 aliphatic rings. The van der Waals surface area contributed by atoms with E-state index >= 15 is 0 Å². The molecule has 0 radical (unpaired) electrons. The van der Waals surface area contributed by atoms with Gasteiger partial charge in [-0.1, -0.05) is 44.5 Å². The molecule has 6 heteroatoms. The van der Waals surface area contributed by atoms with Gasteiger partial charge in [-0.15, -0.1) is 0 Å². The van der Waals surface area contributed by atoms with E-state index in [1.165, 1.54) is 41.6 Å². The zero-order chi connectivity index (χ0) is 19.9. The van der Waals surface area contributed by atoms with Gasteiger partial charge in [0.25, 0.3) is 5.56 Å². The number of esters is 1.